The molecular weight excluding hydrogens is 389 g/mol. The van der Waals surface area contributed by atoms with Crippen molar-refractivity contribution in [2.24, 2.45) is 0 Å². The third kappa shape index (κ3) is 4.69. The van der Waals surface area contributed by atoms with Crippen LogP contribution in [0.5, 0.6) is 5.75 Å². The Balaban J connectivity index is 2.14. The van der Waals surface area contributed by atoms with E-state index in [4.69, 9.17) is 23.2 Å². The second kappa shape index (κ2) is 7.24. The number of benzene rings is 1. The summed E-state index contributed by atoms with van der Waals surface area (Å²) >= 11 is 14.9. The fraction of sp³-hybridized carbons (Fsp3) is 0.154. The highest BCUT2D eigenvalue weighted by atomic mass is 79.9. The van der Waals surface area contributed by atoms with Gasteiger partial charge in [0.25, 0.3) is 0 Å². The molecular formula is C13H9BrCl2F2N2O. The van der Waals surface area contributed by atoms with Crippen LogP contribution < -0.4 is 10.1 Å². The summed E-state index contributed by atoms with van der Waals surface area (Å²) in [4.78, 5) is 3.96. The van der Waals surface area contributed by atoms with Crippen molar-refractivity contribution in [3.05, 3.63) is 50.7 Å². The Morgan fingerprint density at radius 2 is 2.05 bits per heavy atom. The van der Waals surface area contributed by atoms with Crippen molar-refractivity contribution < 1.29 is 13.5 Å². The second-order valence-electron chi connectivity index (χ2n) is 3.98. The minimum atomic E-state index is -2.89. The van der Waals surface area contributed by atoms with Crippen molar-refractivity contribution in [2.75, 3.05) is 5.32 Å². The topological polar surface area (TPSA) is 34.1 Å². The molecule has 0 atom stereocenters. The molecule has 0 bridgehead atoms. The van der Waals surface area contributed by atoms with E-state index >= 15 is 0 Å². The SMILES string of the molecule is FC(F)Oc1ccc(Cl)cc1CNc1cnc(Cl)c(Br)c1. The molecule has 8 heteroatoms. The first kappa shape index (κ1) is 16.3. The molecule has 1 aromatic heterocycles. The van der Waals surface area contributed by atoms with Gasteiger partial charge in [0.1, 0.15) is 10.9 Å². The van der Waals surface area contributed by atoms with Gasteiger partial charge in [-0.15, -0.1) is 0 Å². The number of rotatable bonds is 5. The smallest absolute Gasteiger partial charge is 0.387 e. The van der Waals surface area contributed by atoms with E-state index in [2.05, 4.69) is 31.0 Å². The van der Waals surface area contributed by atoms with Crippen LogP contribution in [0.25, 0.3) is 0 Å². The first-order chi connectivity index (χ1) is 9.95. The second-order valence-corrected chi connectivity index (χ2v) is 5.63. The van der Waals surface area contributed by atoms with Gasteiger partial charge in [-0.3, -0.25) is 0 Å². The van der Waals surface area contributed by atoms with Crippen LogP contribution in [0.1, 0.15) is 5.56 Å². The monoisotopic (exact) mass is 396 g/mol. The Labute approximate surface area is 138 Å². The maximum absolute atomic E-state index is 12.4. The van der Waals surface area contributed by atoms with Gasteiger partial charge in [-0.1, -0.05) is 23.2 Å². The normalized spacial score (nSPS) is 10.8. The summed E-state index contributed by atoms with van der Waals surface area (Å²) in [5.74, 6) is 0.0721. The van der Waals surface area contributed by atoms with Gasteiger partial charge in [0.15, 0.2) is 0 Å². The molecule has 0 aliphatic carbocycles. The standard InChI is InChI=1S/C13H9BrCl2F2N2O/c14-10-4-9(6-20-12(10)16)19-5-7-3-8(15)1-2-11(7)21-13(17)18/h1-4,6,13,19H,5H2. The number of nitrogens with one attached hydrogen (secondary N) is 1. The Morgan fingerprint density at radius 3 is 2.71 bits per heavy atom. The molecule has 1 aromatic carbocycles. The summed E-state index contributed by atoms with van der Waals surface area (Å²) in [6, 6.07) is 6.18. The van der Waals surface area contributed by atoms with E-state index in [0.717, 1.165) is 0 Å². The van der Waals surface area contributed by atoms with Gasteiger partial charge in [0.2, 0.25) is 0 Å². The summed E-state index contributed by atoms with van der Waals surface area (Å²) in [7, 11) is 0. The molecule has 0 fully saturated rings. The number of aromatic nitrogens is 1. The summed E-state index contributed by atoms with van der Waals surface area (Å²) < 4.78 is 29.8. The van der Waals surface area contributed by atoms with E-state index in [9.17, 15) is 8.78 Å². The highest BCUT2D eigenvalue weighted by Crippen LogP contribution is 2.27. The van der Waals surface area contributed by atoms with Gasteiger partial charge in [0, 0.05) is 17.1 Å². The molecule has 0 unspecified atom stereocenters. The summed E-state index contributed by atoms with van der Waals surface area (Å²) in [6.45, 7) is -2.64. The lowest BCUT2D eigenvalue weighted by Crippen LogP contribution is -2.07. The fourth-order valence-corrected chi connectivity index (χ4v) is 2.26. The average Bonchev–Trinajstić information content (AvgIpc) is 2.42. The zero-order valence-corrected chi connectivity index (χ0v) is 13.5. The molecule has 0 saturated carbocycles. The molecule has 0 radical (unpaired) electrons. The zero-order valence-electron chi connectivity index (χ0n) is 10.4. The van der Waals surface area contributed by atoms with Crippen LogP contribution in [-0.2, 0) is 6.54 Å². The number of pyridine rings is 1. The average molecular weight is 398 g/mol. The quantitative estimate of drug-likeness (QED) is 0.689. The number of ether oxygens (including phenoxy) is 1. The first-order valence-electron chi connectivity index (χ1n) is 5.74. The minimum Gasteiger partial charge on any atom is -0.434 e. The van der Waals surface area contributed by atoms with E-state index in [1.165, 1.54) is 18.3 Å². The maximum atomic E-state index is 12.4. The van der Waals surface area contributed by atoms with Crippen molar-refractivity contribution in [3.8, 4) is 5.75 Å². The van der Waals surface area contributed by atoms with Gasteiger partial charge in [-0.2, -0.15) is 8.78 Å². The van der Waals surface area contributed by atoms with E-state index in [1.54, 1.807) is 12.1 Å². The third-order valence-corrected chi connectivity index (χ3v) is 3.89. The van der Waals surface area contributed by atoms with E-state index in [1.807, 2.05) is 0 Å². The molecule has 2 rings (SSSR count). The third-order valence-electron chi connectivity index (χ3n) is 2.52. The van der Waals surface area contributed by atoms with Gasteiger partial charge in [0.05, 0.1) is 16.4 Å². The number of alkyl halides is 2. The van der Waals surface area contributed by atoms with E-state index < -0.39 is 6.61 Å². The number of hydrogen-bond acceptors (Lipinski definition) is 3. The molecule has 0 amide bonds. The molecule has 0 aliphatic heterocycles. The summed E-state index contributed by atoms with van der Waals surface area (Å²) in [5.41, 5.74) is 1.18. The largest absolute Gasteiger partial charge is 0.434 e. The molecule has 0 saturated heterocycles. The number of anilines is 1. The van der Waals surface area contributed by atoms with Crippen molar-refractivity contribution in [1.82, 2.24) is 4.98 Å². The minimum absolute atomic E-state index is 0.0721. The molecule has 1 heterocycles. The fourth-order valence-electron chi connectivity index (χ4n) is 1.61. The van der Waals surface area contributed by atoms with Crippen LogP contribution in [0.3, 0.4) is 0 Å². The molecule has 0 spiro atoms. The maximum Gasteiger partial charge on any atom is 0.387 e. The predicted molar refractivity (Wildman–Crippen MR) is 82.4 cm³/mol. The molecule has 2 aromatic rings. The Morgan fingerprint density at radius 1 is 1.29 bits per heavy atom. The highest BCUT2D eigenvalue weighted by Gasteiger charge is 2.10. The van der Waals surface area contributed by atoms with Crippen LogP contribution in [-0.4, -0.2) is 11.6 Å². The van der Waals surface area contributed by atoms with Crippen LogP contribution in [0.4, 0.5) is 14.5 Å². The predicted octanol–water partition coefficient (Wildman–Crippen LogP) is 5.36. The lowest BCUT2D eigenvalue weighted by molar-refractivity contribution is -0.0504. The van der Waals surface area contributed by atoms with Gasteiger partial charge < -0.3 is 10.1 Å². The Hall–Kier alpha value is -1.11. The number of nitrogens with zero attached hydrogens (tertiary/aromatic N) is 1. The highest BCUT2D eigenvalue weighted by molar-refractivity contribution is 9.10. The molecule has 0 aliphatic rings. The summed E-state index contributed by atoms with van der Waals surface area (Å²) in [6.07, 6.45) is 1.53. The molecule has 21 heavy (non-hydrogen) atoms. The molecule has 3 nitrogen and oxygen atoms in total. The molecule has 112 valence electrons. The lowest BCUT2D eigenvalue weighted by Gasteiger charge is -2.13. The van der Waals surface area contributed by atoms with Crippen LogP contribution >= 0.6 is 39.1 Å². The van der Waals surface area contributed by atoms with Crippen molar-refractivity contribution in [2.45, 2.75) is 13.2 Å². The van der Waals surface area contributed by atoms with Crippen LogP contribution in [0.2, 0.25) is 10.2 Å². The van der Waals surface area contributed by atoms with Crippen LogP contribution in [0.15, 0.2) is 34.9 Å². The first-order valence-corrected chi connectivity index (χ1v) is 7.29. The van der Waals surface area contributed by atoms with Crippen molar-refractivity contribution >= 4 is 44.8 Å². The van der Waals surface area contributed by atoms with Gasteiger partial charge in [-0.05, 0) is 40.2 Å². The zero-order chi connectivity index (χ0) is 15.4. The van der Waals surface area contributed by atoms with Crippen LogP contribution in [0, 0.1) is 0 Å². The van der Waals surface area contributed by atoms with Gasteiger partial charge in [-0.25, -0.2) is 4.98 Å². The number of halogens is 5. The van der Waals surface area contributed by atoms with Crippen molar-refractivity contribution in [3.63, 3.8) is 0 Å². The Kier molecular flexibility index (Phi) is 5.61. The molecule has 1 N–H and O–H groups in total. The lowest BCUT2D eigenvalue weighted by atomic mass is 10.2. The van der Waals surface area contributed by atoms with E-state index in [0.29, 0.717) is 25.9 Å². The van der Waals surface area contributed by atoms with E-state index in [-0.39, 0.29) is 12.3 Å². The Bertz CT molecular complexity index is 644. The van der Waals surface area contributed by atoms with Gasteiger partial charge >= 0.3 is 6.61 Å². The van der Waals surface area contributed by atoms with Crippen molar-refractivity contribution in [1.29, 1.82) is 0 Å². The number of hydrogen-bond donors (Lipinski definition) is 1. The summed E-state index contributed by atoms with van der Waals surface area (Å²) in [5, 5.41) is 3.81.